The molecular weight excluding hydrogens is 164 g/mol. The first-order valence-electron chi connectivity index (χ1n) is 4.04. The van der Waals surface area contributed by atoms with Gasteiger partial charge in [0.1, 0.15) is 0 Å². The van der Waals surface area contributed by atoms with Crippen molar-refractivity contribution in [2.75, 3.05) is 5.32 Å². The zero-order chi connectivity index (χ0) is 8.84. The summed E-state index contributed by atoms with van der Waals surface area (Å²) in [5.74, 6) is -0.0562. The molecule has 1 aromatic heterocycles. The summed E-state index contributed by atoms with van der Waals surface area (Å²) in [5, 5.41) is 4.79. The first kappa shape index (κ1) is 6.60. The predicted octanol–water partition coefficient (Wildman–Crippen LogP) is 1.80. The van der Waals surface area contributed by atoms with Crippen LogP contribution in [0.4, 0.5) is 5.69 Å². The predicted molar refractivity (Wildman–Crippen MR) is 49.7 cm³/mol. The summed E-state index contributed by atoms with van der Waals surface area (Å²) >= 11 is 0. The summed E-state index contributed by atoms with van der Waals surface area (Å²) < 4.78 is 0. The van der Waals surface area contributed by atoms with Crippen molar-refractivity contribution in [3.63, 3.8) is 0 Å². The van der Waals surface area contributed by atoms with Gasteiger partial charge < -0.3 is 5.32 Å². The fourth-order valence-electron chi connectivity index (χ4n) is 1.70. The van der Waals surface area contributed by atoms with Crippen molar-refractivity contribution in [3.8, 4) is 0 Å². The van der Waals surface area contributed by atoms with Crippen molar-refractivity contribution in [3.05, 3.63) is 36.2 Å². The van der Waals surface area contributed by atoms with Crippen LogP contribution in [0.2, 0.25) is 0 Å². The van der Waals surface area contributed by atoms with Crippen molar-refractivity contribution in [1.82, 2.24) is 4.98 Å². The van der Waals surface area contributed by atoms with Crippen LogP contribution in [0.5, 0.6) is 0 Å². The van der Waals surface area contributed by atoms with E-state index >= 15 is 0 Å². The van der Waals surface area contributed by atoms with Crippen molar-refractivity contribution in [2.24, 2.45) is 0 Å². The van der Waals surface area contributed by atoms with Gasteiger partial charge >= 0.3 is 0 Å². The average Bonchev–Trinajstić information content (AvgIpc) is 2.47. The fourth-order valence-corrected chi connectivity index (χ4v) is 1.70. The minimum absolute atomic E-state index is 0.0562. The maximum atomic E-state index is 11.4. The van der Waals surface area contributed by atoms with Crippen molar-refractivity contribution in [2.45, 2.75) is 0 Å². The molecule has 0 saturated carbocycles. The van der Waals surface area contributed by atoms with Crippen molar-refractivity contribution < 1.29 is 4.79 Å². The molecule has 0 fully saturated rings. The number of rotatable bonds is 0. The minimum atomic E-state index is -0.0562. The Bertz CT molecular complexity index is 514. The van der Waals surface area contributed by atoms with Crippen LogP contribution in [0.1, 0.15) is 10.4 Å². The average molecular weight is 170 g/mol. The van der Waals surface area contributed by atoms with Gasteiger partial charge in [0.05, 0.1) is 5.56 Å². The molecule has 1 aliphatic rings. The van der Waals surface area contributed by atoms with E-state index in [1.54, 1.807) is 12.4 Å². The molecule has 0 saturated heterocycles. The third kappa shape index (κ3) is 0.731. The van der Waals surface area contributed by atoms with Crippen LogP contribution in [0.3, 0.4) is 0 Å². The molecule has 0 bridgehead atoms. The largest absolute Gasteiger partial charge is 0.321 e. The van der Waals surface area contributed by atoms with Crippen LogP contribution in [0.15, 0.2) is 30.6 Å². The van der Waals surface area contributed by atoms with Crippen molar-refractivity contribution >= 4 is 22.4 Å². The molecule has 0 spiro atoms. The van der Waals surface area contributed by atoms with Gasteiger partial charge in [0.2, 0.25) is 0 Å². The van der Waals surface area contributed by atoms with Gasteiger partial charge in [-0.15, -0.1) is 0 Å². The second-order valence-corrected chi connectivity index (χ2v) is 3.04. The van der Waals surface area contributed by atoms with E-state index in [1.165, 1.54) is 0 Å². The highest BCUT2D eigenvalue weighted by Crippen LogP contribution is 2.31. The van der Waals surface area contributed by atoms with Gasteiger partial charge in [0, 0.05) is 28.9 Å². The fraction of sp³-hybridized carbons (Fsp3) is 0. The molecule has 1 amide bonds. The van der Waals surface area contributed by atoms with Crippen LogP contribution < -0.4 is 5.32 Å². The molecule has 0 aliphatic carbocycles. The number of carbonyl (C=O) groups is 1. The number of carbonyl (C=O) groups excluding carboxylic acids is 1. The van der Waals surface area contributed by atoms with Gasteiger partial charge in [-0.1, -0.05) is 12.1 Å². The Hall–Kier alpha value is -1.90. The third-order valence-corrected chi connectivity index (χ3v) is 2.28. The second-order valence-electron chi connectivity index (χ2n) is 3.04. The van der Waals surface area contributed by atoms with Crippen LogP contribution in [0.25, 0.3) is 10.8 Å². The molecule has 13 heavy (non-hydrogen) atoms. The van der Waals surface area contributed by atoms with E-state index in [9.17, 15) is 4.79 Å². The Kier molecular flexibility index (Phi) is 1.05. The number of aromatic nitrogens is 1. The summed E-state index contributed by atoms with van der Waals surface area (Å²) in [5.41, 5.74) is 1.56. The quantitative estimate of drug-likeness (QED) is 0.655. The summed E-state index contributed by atoms with van der Waals surface area (Å²) in [6.07, 6.45) is 3.37. The van der Waals surface area contributed by atoms with Crippen LogP contribution in [0, 0.1) is 0 Å². The minimum Gasteiger partial charge on any atom is -0.321 e. The molecule has 3 nitrogen and oxygen atoms in total. The number of pyridine rings is 1. The van der Waals surface area contributed by atoms with Gasteiger partial charge in [-0.25, -0.2) is 0 Å². The molecule has 2 heterocycles. The van der Waals surface area contributed by atoms with E-state index in [0.29, 0.717) is 5.56 Å². The molecule has 0 atom stereocenters. The molecule has 0 unspecified atom stereocenters. The lowest BCUT2D eigenvalue weighted by atomic mass is 10.1. The number of hydrogen-bond acceptors (Lipinski definition) is 2. The highest BCUT2D eigenvalue weighted by atomic mass is 16.1. The Labute approximate surface area is 74.4 Å². The maximum Gasteiger partial charge on any atom is 0.257 e. The monoisotopic (exact) mass is 170 g/mol. The van der Waals surface area contributed by atoms with E-state index in [4.69, 9.17) is 0 Å². The van der Waals surface area contributed by atoms with Gasteiger partial charge in [0.25, 0.3) is 5.91 Å². The lowest BCUT2D eigenvalue weighted by molar-refractivity contribution is 0.103. The van der Waals surface area contributed by atoms with Gasteiger partial charge in [-0.3, -0.25) is 9.78 Å². The summed E-state index contributed by atoms with van der Waals surface area (Å²) in [4.78, 5) is 15.4. The molecule has 1 N–H and O–H groups in total. The van der Waals surface area contributed by atoms with Crippen LogP contribution in [-0.4, -0.2) is 10.9 Å². The van der Waals surface area contributed by atoms with Gasteiger partial charge in [-0.05, 0) is 6.07 Å². The molecular formula is C10H6N2O. The molecule has 3 rings (SSSR count). The number of anilines is 1. The Morgan fingerprint density at radius 1 is 1.23 bits per heavy atom. The number of nitrogens with zero attached hydrogens (tertiary/aromatic N) is 1. The van der Waals surface area contributed by atoms with Gasteiger partial charge in [-0.2, -0.15) is 0 Å². The van der Waals surface area contributed by atoms with Gasteiger partial charge in [0.15, 0.2) is 0 Å². The lowest BCUT2D eigenvalue weighted by Crippen LogP contribution is -2.03. The Morgan fingerprint density at radius 3 is 3.08 bits per heavy atom. The highest BCUT2D eigenvalue weighted by molar-refractivity contribution is 6.23. The molecule has 3 heteroatoms. The Balaban J connectivity index is 2.58. The summed E-state index contributed by atoms with van der Waals surface area (Å²) in [6, 6.07) is 5.76. The number of amides is 1. The van der Waals surface area contributed by atoms with E-state index < -0.39 is 0 Å². The Morgan fingerprint density at radius 2 is 2.15 bits per heavy atom. The molecule has 2 aromatic rings. The van der Waals surface area contributed by atoms with E-state index in [-0.39, 0.29) is 5.91 Å². The standard InChI is InChI=1S/C10H6N2O/c13-10-7-5-11-4-6-2-1-3-8(12-10)9(6)7/h1-5H,(H,12,13). The molecule has 1 aliphatic heterocycles. The smallest absolute Gasteiger partial charge is 0.257 e. The second kappa shape index (κ2) is 2.07. The maximum absolute atomic E-state index is 11.4. The van der Waals surface area contributed by atoms with E-state index in [2.05, 4.69) is 10.3 Å². The molecule has 0 radical (unpaired) electrons. The summed E-state index contributed by atoms with van der Waals surface area (Å²) in [6.45, 7) is 0. The highest BCUT2D eigenvalue weighted by Gasteiger charge is 2.20. The lowest BCUT2D eigenvalue weighted by Gasteiger charge is -1.96. The zero-order valence-corrected chi connectivity index (χ0v) is 6.74. The van der Waals surface area contributed by atoms with Crippen LogP contribution in [-0.2, 0) is 0 Å². The van der Waals surface area contributed by atoms with E-state index in [0.717, 1.165) is 16.5 Å². The number of benzene rings is 1. The van der Waals surface area contributed by atoms with E-state index in [1.807, 2.05) is 18.2 Å². The number of nitrogens with one attached hydrogen (secondary N) is 1. The zero-order valence-electron chi connectivity index (χ0n) is 6.74. The normalized spacial score (nSPS) is 13.4. The summed E-state index contributed by atoms with van der Waals surface area (Å²) in [7, 11) is 0. The third-order valence-electron chi connectivity index (χ3n) is 2.28. The van der Waals surface area contributed by atoms with Crippen molar-refractivity contribution in [1.29, 1.82) is 0 Å². The molecule has 62 valence electrons. The van der Waals surface area contributed by atoms with Crippen LogP contribution >= 0.6 is 0 Å². The molecule has 1 aromatic carbocycles. The topological polar surface area (TPSA) is 42.0 Å². The number of hydrogen-bond donors (Lipinski definition) is 1. The first-order valence-corrected chi connectivity index (χ1v) is 4.04. The first-order chi connectivity index (χ1) is 6.36. The SMILES string of the molecule is O=C1Nc2cccc3cncc1c23.